The summed E-state index contributed by atoms with van der Waals surface area (Å²) >= 11 is 25.2. The molecular formula is C42H36Cl4F2N4O8. The summed E-state index contributed by atoms with van der Waals surface area (Å²) in [6.07, 6.45) is 3.50. The Balaban J connectivity index is 0.000000185. The number of aromatic nitrogens is 4. The molecule has 0 bridgehead atoms. The number of nitrogens with zero attached hydrogens (tertiary/aromatic N) is 4. The summed E-state index contributed by atoms with van der Waals surface area (Å²) < 4.78 is 57.8. The normalized spacial score (nSPS) is 13.1. The summed E-state index contributed by atoms with van der Waals surface area (Å²) in [6.45, 7) is 3.86. The molecule has 0 unspecified atom stereocenters. The third-order valence-corrected chi connectivity index (χ3v) is 11.1. The van der Waals surface area contributed by atoms with E-state index in [4.69, 9.17) is 65.4 Å². The number of benzene rings is 4. The third-order valence-electron chi connectivity index (χ3n) is 9.71. The van der Waals surface area contributed by atoms with Gasteiger partial charge < -0.3 is 24.1 Å². The molecule has 60 heavy (non-hydrogen) atoms. The van der Waals surface area contributed by atoms with Crippen LogP contribution in [-0.4, -0.2) is 43.0 Å². The number of esters is 1. The average Bonchev–Trinajstić information content (AvgIpc) is 3.64. The second kappa shape index (κ2) is 18.5. The number of carbonyl (C=O) groups excluding carboxylic acids is 1. The highest BCUT2D eigenvalue weighted by atomic mass is 35.5. The van der Waals surface area contributed by atoms with Crippen molar-refractivity contribution >= 4 is 52.4 Å². The van der Waals surface area contributed by atoms with Crippen LogP contribution in [0.4, 0.5) is 8.78 Å². The Labute approximate surface area is 361 Å². The lowest BCUT2D eigenvalue weighted by Gasteiger charge is -2.17. The summed E-state index contributed by atoms with van der Waals surface area (Å²) in [6, 6.07) is 17.8. The minimum atomic E-state index is -0.693. The highest BCUT2D eigenvalue weighted by molar-refractivity contribution is 6.34. The summed E-state index contributed by atoms with van der Waals surface area (Å²) in [5.74, 6) is -1.08. The molecule has 6 aromatic rings. The molecule has 2 aliphatic rings. The maximum atomic E-state index is 14.9. The van der Waals surface area contributed by atoms with Crippen LogP contribution >= 0.6 is 46.4 Å². The van der Waals surface area contributed by atoms with Crippen LogP contribution in [0.2, 0.25) is 20.4 Å². The molecule has 0 saturated carbocycles. The zero-order valence-electron chi connectivity index (χ0n) is 31.9. The number of phenolic OH excluding ortho intramolecular Hbond substituents is 1. The van der Waals surface area contributed by atoms with E-state index in [9.17, 15) is 28.3 Å². The molecule has 1 N–H and O–H groups in total. The number of hydrogen-bond acceptors (Lipinski definition) is 8. The van der Waals surface area contributed by atoms with Crippen LogP contribution < -0.4 is 25.3 Å². The third kappa shape index (κ3) is 8.73. The number of fused-ring (bicyclic) bond motifs is 2. The lowest BCUT2D eigenvalue weighted by molar-refractivity contribution is -0.145. The predicted octanol–water partition coefficient (Wildman–Crippen LogP) is 10.3. The smallest absolute Gasteiger partial charge is 0.344 e. The van der Waals surface area contributed by atoms with Crippen molar-refractivity contribution in [2.45, 2.75) is 58.8 Å². The molecule has 0 spiro atoms. The molecule has 2 aliphatic heterocycles. The largest absolute Gasteiger partial charge is 0.504 e. The van der Waals surface area contributed by atoms with E-state index in [2.05, 4.69) is 0 Å². The maximum absolute atomic E-state index is 14.9. The standard InChI is InChI=1S/C23H21Cl2FN2O5.C19H15Cl2FN2O3/c1-2-31-20(29)13-32-17-7-3-4-8-18(17)33-19-11-14(16(26)12-15(19)24)21-22(25)27-9-5-6-10-28(27)23(21)30;20-12-10-13(22)11(9-16(12)27-15-6-2-1-5-14(15)25)17-18(21)23-7-3-4-8-24(23)19(17)26/h3-4,7-8,11-12H,2,5-6,9-10,13H2,1H3;1-2,5-6,9-10,25H,3-4,7-8H2. The molecule has 4 aromatic carbocycles. The number of aromatic hydroxyl groups is 1. The van der Waals surface area contributed by atoms with Crippen molar-refractivity contribution in [2.75, 3.05) is 13.2 Å². The number of hydrogen-bond donors (Lipinski definition) is 1. The molecule has 8 rings (SSSR count). The summed E-state index contributed by atoms with van der Waals surface area (Å²) in [4.78, 5) is 37.4. The van der Waals surface area contributed by atoms with Crippen LogP contribution in [-0.2, 0) is 35.7 Å². The monoisotopic (exact) mass is 902 g/mol. The fraction of sp³-hybridized carbons (Fsp3) is 0.262. The van der Waals surface area contributed by atoms with Gasteiger partial charge in [0.2, 0.25) is 0 Å². The number of phenols is 1. The van der Waals surface area contributed by atoms with Gasteiger partial charge in [0, 0.05) is 37.3 Å². The SMILES string of the molecule is CCOC(=O)COc1ccccc1Oc1cc(-c2c(Cl)n3n(c2=O)CCCC3)c(F)cc1Cl.O=c1c(-c2cc(Oc3ccccc3O)c(Cl)cc2F)c(Cl)n2n1CCCC2. The average molecular weight is 905 g/mol. The number of halogens is 6. The van der Waals surface area contributed by atoms with Crippen molar-refractivity contribution in [1.29, 1.82) is 0 Å². The molecule has 314 valence electrons. The second-order valence-electron chi connectivity index (χ2n) is 13.6. The second-order valence-corrected chi connectivity index (χ2v) is 15.1. The molecule has 2 aromatic heterocycles. The van der Waals surface area contributed by atoms with E-state index in [1.54, 1.807) is 58.8 Å². The lowest BCUT2D eigenvalue weighted by atomic mass is 10.1. The zero-order chi connectivity index (χ0) is 42.7. The Morgan fingerprint density at radius 3 is 1.53 bits per heavy atom. The zero-order valence-corrected chi connectivity index (χ0v) is 34.9. The Kier molecular flexibility index (Phi) is 13.1. The van der Waals surface area contributed by atoms with Crippen molar-refractivity contribution < 1.29 is 37.6 Å². The quantitative estimate of drug-likeness (QED) is 0.135. The molecule has 0 atom stereocenters. The number of para-hydroxylation sites is 4. The van der Waals surface area contributed by atoms with Crippen molar-refractivity contribution in [3.8, 4) is 56.8 Å². The van der Waals surface area contributed by atoms with Gasteiger partial charge in [-0.25, -0.2) is 22.9 Å². The molecule has 4 heterocycles. The highest BCUT2D eigenvalue weighted by Gasteiger charge is 2.27. The van der Waals surface area contributed by atoms with Crippen LogP contribution in [0.25, 0.3) is 22.3 Å². The van der Waals surface area contributed by atoms with E-state index >= 15 is 0 Å². The van der Waals surface area contributed by atoms with Gasteiger partial charge >= 0.3 is 5.97 Å². The van der Waals surface area contributed by atoms with E-state index in [0.717, 1.165) is 37.8 Å². The van der Waals surface area contributed by atoms with Gasteiger partial charge in [0.15, 0.2) is 29.6 Å². The van der Waals surface area contributed by atoms with Gasteiger partial charge in [-0.3, -0.25) is 19.0 Å². The lowest BCUT2D eigenvalue weighted by Crippen LogP contribution is -2.27. The Morgan fingerprint density at radius 2 is 1.07 bits per heavy atom. The van der Waals surface area contributed by atoms with Gasteiger partial charge in [0.05, 0.1) is 27.8 Å². The molecule has 0 radical (unpaired) electrons. The van der Waals surface area contributed by atoms with Gasteiger partial charge in [-0.15, -0.1) is 0 Å². The van der Waals surface area contributed by atoms with Gasteiger partial charge in [-0.2, -0.15) is 0 Å². The van der Waals surface area contributed by atoms with Crippen molar-refractivity contribution in [3.63, 3.8) is 0 Å². The molecule has 18 heteroatoms. The molecular weight excluding hydrogens is 868 g/mol. The Morgan fingerprint density at radius 1 is 0.633 bits per heavy atom. The first-order chi connectivity index (χ1) is 28.9. The minimum absolute atomic E-state index is 0.00311. The first-order valence-electron chi connectivity index (χ1n) is 18.9. The van der Waals surface area contributed by atoms with Crippen LogP contribution in [0.3, 0.4) is 0 Å². The molecule has 0 amide bonds. The van der Waals surface area contributed by atoms with E-state index in [1.807, 2.05) is 0 Å². The van der Waals surface area contributed by atoms with Crippen molar-refractivity contribution in [1.82, 2.24) is 18.7 Å². The summed E-state index contributed by atoms with van der Waals surface area (Å²) in [5.41, 5.74) is -0.586. The number of rotatable bonds is 10. The van der Waals surface area contributed by atoms with Crippen molar-refractivity contribution in [3.05, 3.63) is 125 Å². The topological polar surface area (TPSA) is 128 Å². The van der Waals surface area contributed by atoms with E-state index in [1.165, 1.54) is 27.6 Å². The van der Waals surface area contributed by atoms with Crippen LogP contribution in [0.1, 0.15) is 32.6 Å². The first-order valence-corrected chi connectivity index (χ1v) is 20.4. The van der Waals surface area contributed by atoms with E-state index < -0.39 is 17.6 Å². The van der Waals surface area contributed by atoms with Crippen LogP contribution in [0, 0.1) is 11.6 Å². The Bertz CT molecular complexity index is 2710. The fourth-order valence-electron chi connectivity index (χ4n) is 6.88. The van der Waals surface area contributed by atoms with E-state index in [0.29, 0.717) is 26.2 Å². The van der Waals surface area contributed by atoms with Crippen LogP contribution in [0.5, 0.6) is 34.5 Å². The number of ether oxygens (including phenoxy) is 4. The summed E-state index contributed by atoms with van der Waals surface area (Å²) in [7, 11) is 0. The first kappa shape index (κ1) is 42.7. The van der Waals surface area contributed by atoms with Gasteiger partial charge in [-0.05, 0) is 81.1 Å². The predicted molar refractivity (Wildman–Crippen MR) is 224 cm³/mol. The van der Waals surface area contributed by atoms with Crippen molar-refractivity contribution in [2.24, 2.45) is 0 Å². The van der Waals surface area contributed by atoms with Gasteiger partial charge in [-0.1, -0.05) is 70.7 Å². The van der Waals surface area contributed by atoms with E-state index in [-0.39, 0.29) is 101 Å². The molecule has 0 saturated heterocycles. The highest BCUT2D eigenvalue weighted by Crippen LogP contribution is 2.41. The molecule has 0 aliphatic carbocycles. The molecule has 12 nitrogen and oxygen atoms in total. The minimum Gasteiger partial charge on any atom is -0.504 e. The van der Waals surface area contributed by atoms with Gasteiger partial charge in [0.25, 0.3) is 11.1 Å². The maximum Gasteiger partial charge on any atom is 0.344 e. The Hall–Kier alpha value is -5.41. The number of carbonyl (C=O) groups is 1. The fourth-order valence-corrected chi connectivity index (χ4v) is 7.97. The van der Waals surface area contributed by atoms with Gasteiger partial charge in [0.1, 0.15) is 33.4 Å². The van der Waals surface area contributed by atoms with Crippen LogP contribution in [0.15, 0.2) is 82.4 Å². The molecule has 0 fully saturated rings. The summed E-state index contributed by atoms with van der Waals surface area (Å²) in [5, 5.41) is 10.3.